The van der Waals surface area contributed by atoms with E-state index in [2.05, 4.69) is 45.9 Å². The Morgan fingerprint density at radius 1 is 1.05 bits per heavy atom. The molecule has 2 rings (SSSR count). The highest BCUT2D eigenvalue weighted by atomic mass is 16.5. The predicted octanol–water partition coefficient (Wildman–Crippen LogP) is 3.80. The van der Waals surface area contributed by atoms with Gasteiger partial charge in [0.25, 0.3) is 0 Å². The zero-order chi connectivity index (χ0) is 14.1. The second-order valence-electron chi connectivity index (χ2n) is 6.90. The number of fused-ring (bicyclic) bond motifs is 1. The maximum absolute atomic E-state index is 8.81. The molecule has 1 aromatic rings. The number of hydrogen-bond acceptors (Lipinski definition) is 2. The van der Waals surface area contributed by atoms with Crippen molar-refractivity contribution in [3.63, 3.8) is 0 Å². The van der Waals surface area contributed by atoms with Gasteiger partial charge in [0.15, 0.2) is 0 Å². The molecule has 106 valence electrons. The molecule has 1 aliphatic carbocycles. The van der Waals surface area contributed by atoms with Crippen molar-refractivity contribution in [2.45, 2.75) is 57.8 Å². The van der Waals surface area contributed by atoms with E-state index < -0.39 is 0 Å². The Kier molecular flexibility index (Phi) is 3.91. The molecule has 0 atom stereocenters. The van der Waals surface area contributed by atoms with Crippen LogP contribution in [0.25, 0.3) is 0 Å². The third-order valence-corrected chi connectivity index (χ3v) is 4.40. The Hall–Kier alpha value is -1.02. The summed E-state index contributed by atoms with van der Waals surface area (Å²) in [5, 5.41) is 8.81. The smallest absolute Gasteiger partial charge is 0.119 e. The highest BCUT2D eigenvalue weighted by Crippen LogP contribution is 2.46. The summed E-state index contributed by atoms with van der Waals surface area (Å²) in [6.45, 7) is 10.1. The third kappa shape index (κ3) is 2.94. The lowest BCUT2D eigenvalue weighted by Gasteiger charge is -2.41. The van der Waals surface area contributed by atoms with Crippen molar-refractivity contribution >= 4 is 0 Å². The number of hydrogen-bond donors (Lipinski definition) is 1. The van der Waals surface area contributed by atoms with Gasteiger partial charge in [0.1, 0.15) is 5.75 Å². The van der Waals surface area contributed by atoms with E-state index in [9.17, 15) is 0 Å². The van der Waals surface area contributed by atoms with Crippen LogP contribution in [-0.2, 0) is 10.8 Å². The van der Waals surface area contributed by atoms with Crippen molar-refractivity contribution in [1.29, 1.82) is 0 Å². The number of aliphatic hydroxyl groups is 1. The number of ether oxygens (including phenoxy) is 1. The van der Waals surface area contributed by atoms with E-state index in [0.29, 0.717) is 13.0 Å². The first-order valence-electron chi connectivity index (χ1n) is 7.25. The molecule has 0 bridgehead atoms. The Morgan fingerprint density at radius 2 is 1.68 bits per heavy atom. The average Bonchev–Trinajstić information content (AvgIpc) is 2.36. The Balaban J connectivity index is 2.31. The topological polar surface area (TPSA) is 29.5 Å². The summed E-state index contributed by atoms with van der Waals surface area (Å²) >= 11 is 0. The molecule has 0 saturated carbocycles. The van der Waals surface area contributed by atoms with E-state index in [-0.39, 0.29) is 17.4 Å². The first-order chi connectivity index (χ1) is 8.87. The molecule has 1 aliphatic rings. The van der Waals surface area contributed by atoms with Gasteiger partial charge in [0, 0.05) is 13.0 Å². The molecule has 2 heteroatoms. The highest BCUT2D eigenvalue weighted by molar-refractivity contribution is 5.45. The van der Waals surface area contributed by atoms with Gasteiger partial charge in [-0.2, -0.15) is 0 Å². The molecule has 2 nitrogen and oxygen atoms in total. The Labute approximate surface area is 116 Å². The van der Waals surface area contributed by atoms with E-state index in [1.54, 1.807) is 0 Å². The minimum atomic E-state index is 0.184. The van der Waals surface area contributed by atoms with E-state index in [4.69, 9.17) is 9.84 Å². The maximum atomic E-state index is 8.81. The van der Waals surface area contributed by atoms with Gasteiger partial charge in [-0.15, -0.1) is 0 Å². The van der Waals surface area contributed by atoms with E-state index in [0.717, 1.165) is 5.75 Å². The molecule has 1 N–H and O–H groups in total. The van der Waals surface area contributed by atoms with Crippen molar-refractivity contribution in [1.82, 2.24) is 0 Å². The molecule has 0 radical (unpaired) electrons. The molecular formula is C17H26O2. The zero-order valence-corrected chi connectivity index (χ0v) is 12.6. The summed E-state index contributed by atoms with van der Waals surface area (Å²) < 4.78 is 5.71. The molecular weight excluding hydrogens is 236 g/mol. The van der Waals surface area contributed by atoms with Crippen LogP contribution in [0.1, 0.15) is 58.1 Å². The molecule has 0 aliphatic heterocycles. The standard InChI is InChI=1S/C17H26O2/c1-16(2)8-9-17(3,4)15-12-13(6-7-14(15)16)19-11-5-10-18/h6-7,12,18H,5,8-11H2,1-4H3. The van der Waals surface area contributed by atoms with Crippen molar-refractivity contribution in [2.75, 3.05) is 13.2 Å². The van der Waals surface area contributed by atoms with Crippen LogP contribution in [0.2, 0.25) is 0 Å². The van der Waals surface area contributed by atoms with Gasteiger partial charge in [-0.25, -0.2) is 0 Å². The van der Waals surface area contributed by atoms with Gasteiger partial charge >= 0.3 is 0 Å². The fourth-order valence-electron chi connectivity index (χ4n) is 2.91. The lowest BCUT2D eigenvalue weighted by Crippen LogP contribution is -2.33. The molecule has 0 saturated heterocycles. The maximum Gasteiger partial charge on any atom is 0.119 e. The minimum absolute atomic E-state index is 0.184. The first-order valence-corrected chi connectivity index (χ1v) is 7.25. The van der Waals surface area contributed by atoms with Gasteiger partial charge in [-0.1, -0.05) is 33.8 Å². The summed E-state index contributed by atoms with van der Waals surface area (Å²) in [5.41, 5.74) is 3.36. The zero-order valence-electron chi connectivity index (χ0n) is 12.6. The van der Waals surface area contributed by atoms with Gasteiger partial charge in [0.05, 0.1) is 6.61 Å². The van der Waals surface area contributed by atoms with Crippen LogP contribution in [0.15, 0.2) is 18.2 Å². The monoisotopic (exact) mass is 262 g/mol. The Morgan fingerprint density at radius 3 is 2.32 bits per heavy atom. The quantitative estimate of drug-likeness (QED) is 0.836. The van der Waals surface area contributed by atoms with Crippen LogP contribution in [0.5, 0.6) is 5.75 Å². The molecule has 0 heterocycles. The van der Waals surface area contributed by atoms with Gasteiger partial charge < -0.3 is 9.84 Å². The fourth-order valence-corrected chi connectivity index (χ4v) is 2.91. The lowest BCUT2D eigenvalue weighted by molar-refractivity contribution is 0.233. The summed E-state index contributed by atoms with van der Waals surface area (Å²) in [7, 11) is 0. The number of benzene rings is 1. The predicted molar refractivity (Wildman–Crippen MR) is 78.9 cm³/mol. The van der Waals surface area contributed by atoms with Crippen molar-refractivity contribution in [3.8, 4) is 5.75 Å². The highest BCUT2D eigenvalue weighted by Gasteiger charge is 2.37. The van der Waals surface area contributed by atoms with Crippen LogP contribution < -0.4 is 4.74 Å². The molecule has 0 aromatic heterocycles. The van der Waals surface area contributed by atoms with Gasteiger partial charge in [-0.05, 0) is 46.9 Å². The molecule has 0 fully saturated rings. The van der Waals surface area contributed by atoms with Crippen LogP contribution >= 0.6 is 0 Å². The SMILES string of the molecule is CC1(C)CCC(C)(C)c2cc(OCCCO)ccc21. The average molecular weight is 262 g/mol. The van der Waals surface area contributed by atoms with E-state index >= 15 is 0 Å². The second-order valence-corrected chi connectivity index (χ2v) is 6.90. The van der Waals surface area contributed by atoms with Gasteiger partial charge in [-0.3, -0.25) is 0 Å². The normalized spacial score (nSPS) is 19.8. The van der Waals surface area contributed by atoms with Crippen LogP contribution in [0, 0.1) is 0 Å². The van der Waals surface area contributed by atoms with Crippen LogP contribution in [-0.4, -0.2) is 18.3 Å². The largest absolute Gasteiger partial charge is 0.493 e. The summed E-state index contributed by atoms with van der Waals surface area (Å²) in [6, 6.07) is 6.50. The molecule has 19 heavy (non-hydrogen) atoms. The van der Waals surface area contributed by atoms with E-state index in [1.165, 1.54) is 24.0 Å². The molecule has 0 spiro atoms. The first kappa shape index (κ1) is 14.4. The van der Waals surface area contributed by atoms with Crippen molar-refractivity contribution in [3.05, 3.63) is 29.3 Å². The van der Waals surface area contributed by atoms with Crippen LogP contribution in [0.4, 0.5) is 0 Å². The van der Waals surface area contributed by atoms with Crippen molar-refractivity contribution in [2.24, 2.45) is 0 Å². The van der Waals surface area contributed by atoms with Gasteiger partial charge in [0.2, 0.25) is 0 Å². The summed E-state index contributed by atoms with van der Waals surface area (Å²) in [4.78, 5) is 0. The third-order valence-electron chi connectivity index (χ3n) is 4.40. The lowest BCUT2D eigenvalue weighted by atomic mass is 9.63. The minimum Gasteiger partial charge on any atom is -0.493 e. The summed E-state index contributed by atoms with van der Waals surface area (Å²) in [5.74, 6) is 0.929. The number of rotatable bonds is 4. The molecule has 1 aromatic carbocycles. The van der Waals surface area contributed by atoms with Crippen molar-refractivity contribution < 1.29 is 9.84 Å². The second kappa shape index (κ2) is 5.16. The summed E-state index contributed by atoms with van der Waals surface area (Å²) in [6.07, 6.45) is 3.14. The number of aliphatic hydroxyl groups excluding tert-OH is 1. The van der Waals surface area contributed by atoms with E-state index in [1.807, 2.05) is 0 Å². The fraction of sp³-hybridized carbons (Fsp3) is 0.647. The molecule has 0 amide bonds. The Bertz CT molecular complexity index is 447. The van der Waals surface area contributed by atoms with Crippen LogP contribution in [0.3, 0.4) is 0 Å². The molecule has 0 unspecified atom stereocenters.